The molecule has 0 aliphatic heterocycles. The highest BCUT2D eigenvalue weighted by Gasteiger charge is 2.25. The maximum atomic E-state index is 8.99. The molecule has 1 aromatic rings. The Morgan fingerprint density at radius 2 is 2.00 bits per heavy atom. The summed E-state index contributed by atoms with van der Waals surface area (Å²) in [4.78, 5) is 2.45. The number of para-hydroxylation sites is 1. The average Bonchev–Trinajstić information content (AvgIpc) is 2.97. The van der Waals surface area contributed by atoms with Crippen LogP contribution in [0.1, 0.15) is 45.1 Å². The summed E-state index contributed by atoms with van der Waals surface area (Å²) in [7, 11) is 0. The van der Waals surface area contributed by atoms with Crippen LogP contribution in [0.4, 0.5) is 5.69 Å². The molecule has 2 rings (SSSR count). The minimum absolute atomic E-state index is 0.187. The summed E-state index contributed by atoms with van der Waals surface area (Å²) in [5.41, 5.74) is 7.74. The number of benzene rings is 1. The second kappa shape index (κ2) is 6.64. The van der Waals surface area contributed by atoms with Crippen LogP contribution in [0.15, 0.2) is 29.4 Å². The fourth-order valence-corrected chi connectivity index (χ4v) is 3.05. The molecule has 0 spiro atoms. The van der Waals surface area contributed by atoms with Crippen LogP contribution in [0.25, 0.3) is 0 Å². The Morgan fingerprint density at radius 1 is 1.35 bits per heavy atom. The van der Waals surface area contributed by atoms with Gasteiger partial charge in [-0.2, -0.15) is 0 Å². The van der Waals surface area contributed by atoms with E-state index in [1.165, 1.54) is 25.7 Å². The molecule has 3 N–H and O–H groups in total. The van der Waals surface area contributed by atoms with Crippen molar-refractivity contribution >= 4 is 11.5 Å². The Labute approximate surface area is 121 Å². The summed E-state index contributed by atoms with van der Waals surface area (Å²) in [5, 5.41) is 12.2. The van der Waals surface area contributed by atoms with Crippen LogP contribution in [0.3, 0.4) is 0 Å². The van der Waals surface area contributed by atoms with Crippen molar-refractivity contribution in [2.75, 3.05) is 11.4 Å². The van der Waals surface area contributed by atoms with E-state index in [4.69, 9.17) is 10.9 Å². The van der Waals surface area contributed by atoms with Crippen molar-refractivity contribution in [1.29, 1.82) is 0 Å². The SMILES string of the molecule is CC(C)CN(c1ccccc1/C(N)=N/O)C1CCCC1. The lowest BCUT2D eigenvalue weighted by molar-refractivity contribution is 0.318. The van der Waals surface area contributed by atoms with Crippen molar-refractivity contribution in [2.45, 2.75) is 45.6 Å². The molecule has 4 nitrogen and oxygen atoms in total. The Hall–Kier alpha value is -1.71. The van der Waals surface area contributed by atoms with E-state index in [9.17, 15) is 0 Å². The number of rotatable bonds is 5. The zero-order chi connectivity index (χ0) is 14.5. The maximum Gasteiger partial charge on any atom is 0.172 e. The zero-order valence-electron chi connectivity index (χ0n) is 12.4. The molecule has 1 aliphatic carbocycles. The van der Waals surface area contributed by atoms with Crippen molar-refractivity contribution in [2.24, 2.45) is 16.8 Å². The van der Waals surface area contributed by atoms with Gasteiger partial charge in [-0.05, 0) is 30.9 Å². The molecule has 1 fully saturated rings. The van der Waals surface area contributed by atoms with Gasteiger partial charge in [0.15, 0.2) is 5.84 Å². The van der Waals surface area contributed by atoms with Crippen molar-refractivity contribution in [3.63, 3.8) is 0 Å². The van der Waals surface area contributed by atoms with E-state index in [0.29, 0.717) is 12.0 Å². The van der Waals surface area contributed by atoms with Crippen molar-refractivity contribution < 1.29 is 5.21 Å². The molecule has 0 bridgehead atoms. The highest BCUT2D eigenvalue weighted by atomic mass is 16.4. The average molecular weight is 275 g/mol. The molecule has 0 radical (unpaired) electrons. The summed E-state index contributed by atoms with van der Waals surface area (Å²) in [5.74, 6) is 0.767. The van der Waals surface area contributed by atoms with Crippen LogP contribution in [-0.4, -0.2) is 23.6 Å². The maximum absolute atomic E-state index is 8.99. The van der Waals surface area contributed by atoms with E-state index in [2.05, 4.69) is 30.0 Å². The van der Waals surface area contributed by atoms with Crippen LogP contribution in [0.2, 0.25) is 0 Å². The van der Waals surface area contributed by atoms with E-state index < -0.39 is 0 Å². The van der Waals surface area contributed by atoms with Gasteiger partial charge in [-0.25, -0.2) is 0 Å². The van der Waals surface area contributed by atoms with Gasteiger partial charge in [0.25, 0.3) is 0 Å². The third-order valence-electron chi connectivity index (χ3n) is 3.92. The summed E-state index contributed by atoms with van der Waals surface area (Å²) in [6, 6.07) is 8.52. The van der Waals surface area contributed by atoms with Crippen molar-refractivity contribution in [3.8, 4) is 0 Å². The predicted octanol–water partition coefficient (Wildman–Crippen LogP) is 3.19. The molecule has 20 heavy (non-hydrogen) atoms. The summed E-state index contributed by atoms with van der Waals surface area (Å²) >= 11 is 0. The Kier molecular flexibility index (Phi) is 4.88. The first-order valence-corrected chi connectivity index (χ1v) is 7.47. The fraction of sp³-hybridized carbons (Fsp3) is 0.562. The number of amidine groups is 1. The third kappa shape index (κ3) is 3.24. The van der Waals surface area contributed by atoms with Gasteiger partial charge in [0.05, 0.1) is 0 Å². The molecule has 1 aliphatic rings. The molecule has 1 saturated carbocycles. The van der Waals surface area contributed by atoms with Gasteiger partial charge in [0, 0.05) is 23.8 Å². The number of anilines is 1. The summed E-state index contributed by atoms with van der Waals surface area (Å²) in [6.07, 6.45) is 5.06. The zero-order valence-corrected chi connectivity index (χ0v) is 12.4. The first-order chi connectivity index (χ1) is 9.63. The first-order valence-electron chi connectivity index (χ1n) is 7.47. The Bertz CT molecular complexity index is 465. The summed E-state index contributed by atoms with van der Waals surface area (Å²) < 4.78 is 0. The van der Waals surface area contributed by atoms with E-state index in [1.54, 1.807) is 0 Å². The van der Waals surface area contributed by atoms with Crippen LogP contribution < -0.4 is 10.6 Å². The number of nitrogens with two attached hydrogens (primary N) is 1. The normalized spacial score (nSPS) is 16.9. The standard InChI is InChI=1S/C16H25N3O/c1-12(2)11-19(13-7-3-4-8-13)15-10-6-5-9-14(15)16(17)18-20/h5-6,9-10,12-13,20H,3-4,7-8,11H2,1-2H3,(H2,17,18). The number of nitrogens with zero attached hydrogens (tertiary/aromatic N) is 2. The number of hydrogen-bond acceptors (Lipinski definition) is 3. The molecule has 0 heterocycles. The lowest BCUT2D eigenvalue weighted by Gasteiger charge is -2.34. The van der Waals surface area contributed by atoms with E-state index in [-0.39, 0.29) is 5.84 Å². The van der Waals surface area contributed by atoms with Gasteiger partial charge in [-0.1, -0.05) is 44.0 Å². The van der Waals surface area contributed by atoms with Crippen molar-refractivity contribution in [1.82, 2.24) is 0 Å². The fourth-order valence-electron chi connectivity index (χ4n) is 3.05. The van der Waals surface area contributed by atoms with Crippen LogP contribution in [0.5, 0.6) is 0 Å². The summed E-state index contributed by atoms with van der Waals surface area (Å²) in [6.45, 7) is 5.46. The first kappa shape index (κ1) is 14.7. The molecular weight excluding hydrogens is 250 g/mol. The van der Waals surface area contributed by atoms with Crippen LogP contribution in [0, 0.1) is 5.92 Å². The second-order valence-electron chi connectivity index (χ2n) is 5.99. The molecule has 0 atom stereocenters. The number of oxime groups is 1. The molecular formula is C16H25N3O. The molecule has 0 aromatic heterocycles. The minimum Gasteiger partial charge on any atom is -0.409 e. The van der Waals surface area contributed by atoms with Gasteiger partial charge in [0.2, 0.25) is 0 Å². The number of hydrogen-bond donors (Lipinski definition) is 2. The topological polar surface area (TPSA) is 61.8 Å². The highest BCUT2D eigenvalue weighted by Crippen LogP contribution is 2.31. The molecule has 1 aromatic carbocycles. The van der Waals surface area contributed by atoms with Gasteiger partial charge in [-0.3, -0.25) is 0 Å². The molecule has 0 unspecified atom stereocenters. The van der Waals surface area contributed by atoms with E-state index >= 15 is 0 Å². The third-order valence-corrected chi connectivity index (χ3v) is 3.92. The Morgan fingerprint density at radius 3 is 2.60 bits per heavy atom. The van der Waals surface area contributed by atoms with Crippen LogP contribution >= 0.6 is 0 Å². The second-order valence-corrected chi connectivity index (χ2v) is 5.99. The van der Waals surface area contributed by atoms with Crippen LogP contribution in [-0.2, 0) is 0 Å². The lowest BCUT2D eigenvalue weighted by atomic mass is 10.1. The van der Waals surface area contributed by atoms with E-state index in [0.717, 1.165) is 17.8 Å². The highest BCUT2D eigenvalue weighted by molar-refractivity contribution is 6.02. The monoisotopic (exact) mass is 275 g/mol. The minimum atomic E-state index is 0.187. The quantitative estimate of drug-likeness (QED) is 0.375. The van der Waals surface area contributed by atoms with E-state index in [1.807, 2.05) is 18.2 Å². The van der Waals surface area contributed by atoms with Crippen molar-refractivity contribution in [3.05, 3.63) is 29.8 Å². The van der Waals surface area contributed by atoms with Gasteiger partial charge in [0.1, 0.15) is 0 Å². The Balaban J connectivity index is 2.37. The molecule has 0 saturated heterocycles. The predicted molar refractivity (Wildman–Crippen MR) is 83.4 cm³/mol. The van der Waals surface area contributed by atoms with Gasteiger partial charge < -0.3 is 15.8 Å². The molecule has 0 amide bonds. The van der Waals surface area contributed by atoms with Gasteiger partial charge >= 0.3 is 0 Å². The molecule has 110 valence electrons. The molecule has 4 heteroatoms. The lowest BCUT2D eigenvalue weighted by Crippen LogP contribution is -2.37. The smallest absolute Gasteiger partial charge is 0.172 e. The largest absolute Gasteiger partial charge is 0.409 e. The van der Waals surface area contributed by atoms with Gasteiger partial charge in [-0.15, -0.1) is 0 Å².